The van der Waals surface area contributed by atoms with E-state index in [1.807, 2.05) is 13.0 Å². The number of carbonyl (C=O) groups is 2. The Morgan fingerprint density at radius 3 is 2.60 bits per heavy atom. The highest BCUT2D eigenvalue weighted by molar-refractivity contribution is 5.96. The number of benzene rings is 2. The summed E-state index contributed by atoms with van der Waals surface area (Å²) in [4.78, 5) is 24.1. The molecule has 0 radical (unpaired) electrons. The van der Waals surface area contributed by atoms with Gasteiger partial charge in [0.15, 0.2) is 6.10 Å². The smallest absolute Gasteiger partial charge is 0.311 e. The number of hydrogen-bond acceptors (Lipinski definition) is 4. The molecule has 1 N–H and O–H groups in total. The minimum Gasteiger partial charge on any atom is -0.495 e. The van der Waals surface area contributed by atoms with Crippen molar-refractivity contribution >= 4 is 17.6 Å². The number of amides is 1. The molecule has 0 aliphatic rings. The van der Waals surface area contributed by atoms with Gasteiger partial charge in [-0.25, -0.2) is 4.39 Å². The Kier molecular flexibility index (Phi) is 6.11. The number of halogens is 1. The monoisotopic (exact) mass is 345 g/mol. The van der Waals surface area contributed by atoms with E-state index in [2.05, 4.69) is 5.32 Å². The fourth-order valence-corrected chi connectivity index (χ4v) is 2.24. The second-order valence-corrected chi connectivity index (χ2v) is 5.59. The van der Waals surface area contributed by atoms with Crippen LogP contribution in [0, 0.1) is 12.7 Å². The molecule has 1 amide bonds. The SMILES string of the molecule is COc1ccc(C)cc1NC(=O)[C@@H](C)OC(=O)Cc1ccccc1F. The van der Waals surface area contributed by atoms with Crippen molar-refractivity contribution in [3.05, 3.63) is 59.4 Å². The number of esters is 1. The zero-order valence-electron chi connectivity index (χ0n) is 14.3. The van der Waals surface area contributed by atoms with Gasteiger partial charge in [0.2, 0.25) is 0 Å². The second kappa shape index (κ2) is 8.28. The summed E-state index contributed by atoms with van der Waals surface area (Å²) >= 11 is 0. The van der Waals surface area contributed by atoms with E-state index in [0.29, 0.717) is 11.4 Å². The Labute approximate surface area is 145 Å². The Morgan fingerprint density at radius 1 is 1.20 bits per heavy atom. The molecule has 6 heteroatoms. The topological polar surface area (TPSA) is 64.6 Å². The van der Waals surface area contributed by atoms with E-state index in [4.69, 9.17) is 9.47 Å². The molecular formula is C19H20FNO4. The molecule has 0 unspecified atom stereocenters. The number of hydrogen-bond donors (Lipinski definition) is 1. The largest absolute Gasteiger partial charge is 0.495 e. The van der Waals surface area contributed by atoms with Gasteiger partial charge in [-0.2, -0.15) is 0 Å². The van der Waals surface area contributed by atoms with Crippen LogP contribution in [0.3, 0.4) is 0 Å². The molecule has 0 spiro atoms. The molecule has 0 saturated carbocycles. The van der Waals surface area contributed by atoms with E-state index in [9.17, 15) is 14.0 Å². The van der Waals surface area contributed by atoms with Crippen molar-refractivity contribution in [1.82, 2.24) is 0 Å². The van der Waals surface area contributed by atoms with Crippen LogP contribution in [-0.2, 0) is 20.7 Å². The molecule has 1 atom stereocenters. The lowest BCUT2D eigenvalue weighted by Gasteiger charge is -2.15. The van der Waals surface area contributed by atoms with Crippen molar-refractivity contribution in [2.45, 2.75) is 26.4 Å². The number of rotatable bonds is 6. The second-order valence-electron chi connectivity index (χ2n) is 5.59. The highest BCUT2D eigenvalue weighted by atomic mass is 19.1. The van der Waals surface area contributed by atoms with E-state index in [0.717, 1.165) is 5.56 Å². The summed E-state index contributed by atoms with van der Waals surface area (Å²) in [5, 5.41) is 2.67. The number of nitrogens with one attached hydrogen (secondary N) is 1. The lowest BCUT2D eigenvalue weighted by atomic mass is 10.1. The number of ether oxygens (including phenoxy) is 2. The molecule has 25 heavy (non-hydrogen) atoms. The quantitative estimate of drug-likeness (QED) is 0.816. The first kappa shape index (κ1) is 18.4. The fourth-order valence-electron chi connectivity index (χ4n) is 2.24. The van der Waals surface area contributed by atoms with Gasteiger partial charge in [0.05, 0.1) is 19.2 Å². The average Bonchev–Trinajstić information content (AvgIpc) is 2.57. The minimum atomic E-state index is -1.02. The number of carbonyl (C=O) groups excluding carboxylic acids is 2. The van der Waals surface area contributed by atoms with Crippen molar-refractivity contribution in [2.24, 2.45) is 0 Å². The van der Waals surface area contributed by atoms with Crippen LogP contribution in [0.4, 0.5) is 10.1 Å². The fraction of sp³-hybridized carbons (Fsp3) is 0.263. The Hall–Kier alpha value is -2.89. The highest BCUT2D eigenvalue weighted by Gasteiger charge is 2.20. The molecule has 2 aromatic carbocycles. The first-order valence-corrected chi connectivity index (χ1v) is 7.79. The predicted molar refractivity (Wildman–Crippen MR) is 92.0 cm³/mol. The first-order chi connectivity index (χ1) is 11.9. The molecule has 5 nitrogen and oxygen atoms in total. The normalized spacial score (nSPS) is 11.5. The molecule has 0 heterocycles. The maximum atomic E-state index is 13.6. The molecule has 132 valence electrons. The summed E-state index contributed by atoms with van der Waals surface area (Å²) in [6, 6.07) is 11.3. The van der Waals surface area contributed by atoms with Crippen molar-refractivity contribution in [2.75, 3.05) is 12.4 Å². The molecule has 0 aliphatic carbocycles. The number of anilines is 1. The van der Waals surface area contributed by atoms with Crippen LogP contribution in [0.5, 0.6) is 5.75 Å². The van der Waals surface area contributed by atoms with Crippen molar-refractivity contribution in [1.29, 1.82) is 0 Å². The van der Waals surface area contributed by atoms with Crippen LogP contribution in [0.25, 0.3) is 0 Å². The average molecular weight is 345 g/mol. The molecule has 0 aliphatic heterocycles. The summed E-state index contributed by atoms with van der Waals surface area (Å²) in [6.45, 7) is 3.34. The lowest BCUT2D eigenvalue weighted by molar-refractivity contribution is -0.152. The Morgan fingerprint density at radius 2 is 1.92 bits per heavy atom. The highest BCUT2D eigenvalue weighted by Crippen LogP contribution is 2.25. The van der Waals surface area contributed by atoms with Crippen molar-refractivity contribution in [3.63, 3.8) is 0 Å². The summed E-state index contributed by atoms with van der Waals surface area (Å²) in [5.74, 6) is -1.15. The lowest BCUT2D eigenvalue weighted by Crippen LogP contribution is -2.30. The van der Waals surface area contributed by atoms with Crippen molar-refractivity contribution < 1.29 is 23.5 Å². The zero-order chi connectivity index (χ0) is 18.4. The van der Waals surface area contributed by atoms with Gasteiger partial charge in [0.1, 0.15) is 11.6 Å². The molecule has 0 aromatic heterocycles. The summed E-state index contributed by atoms with van der Waals surface area (Å²) in [6.07, 6.45) is -1.26. The summed E-state index contributed by atoms with van der Waals surface area (Å²) in [7, 11) is 1.50. The van der Waals surface area contributed by atoms with E-state index >= 15 is 0 Å². The minimum absolute atomic E-state index is 0.223. The third-order valence-corrected chi connectivity index (χ3v) is 3.58. The standard InChI is InChI=1S/C19H20FNO4/c1-12-8-9-17(24-3)16(10-12)21-19(23)13(2)25-18(22)11-14-6-4-5-7-15(14)20/h4-10,13H,11H2,1-3H3,(H,21,23)/t13-/m1/s1. The molecule has 0 fully saturated rings. The van der Waals surface area contributed by atoms with Gasteiger partial charge < -0.3 is 14.8 Å². The van der Waals surface area contributed by atoms with E-state index < -0.39 is 23.8 Å². The zero-order valence-corrected chi connectivity index (χ0v) is 14.3. The summed E-state index contributed by atoms with van der Waals surface area (Å²) < 4.78 is 23.8. The van der Waals surface area contributed by atoms with Crippen LogP contribution in [0.1, 0.15) is 18.1 Å². The van der Waals surface area contributed by atoms with Crippen LogP contribution in [0.2, 0.25) is 0 Å². The van der Waals surface area contributed by atoms with Gasteiger partial charge in [0.25, 0.3) is 5.91 Å². The first-order valence-electron chi connectivity index (χ1n) is 7.79. The third kappa shape index (κ3) is 5.04. The molecule has 0 bridgehead atoms. The molecule has 0 saturated heterocycles. The number of aryl methyl sites for hydroxylation is 1. The molecule has 2 rings (SSSR count). The van der Waals surface area contributed by atoms with E-state index in [1.165, 1.54) is 32.2 Å². The van der Waals surface area contributed by atoms with Gasteiger partial charge in [0, 0.05) is 0 Å². The molecular weight excluding hydrogens is 325 g/mol. The van der Waals surface area contributed by atoms with Gasteiger partial charge in [-0.05, 0) is 43.2 Å². The van der Waals surface area contributed by atoms with E-state index in [1.54, 1.807) is 18.2 Å². The van der Waals surface area contributed by atoms with Crippen LogP contribution < -0.4 is 10.1 Å². The van der Waals surface area contributed by atoms with Crippen molar-refractivity contribution in [3.8, 4) is 5.75 Å². The van der Waals surface area contributed by atoms with Crippen LogP contribution in [-0.4, -0.2) is 25.1 Å². The Balaban J connectivity index is 1.97. The van der Waals surface area contributed by atoms with Crippen LogP contribution in [0.15, 0.2) is 42.5 Å². The van der Waals surface area contributed by atoms with Gasteiger partial charge in [-0.15, -0.1) is 0 Å². The summed E-state index contributed by atoms with van der Waals surface area (Å²) in [5.41, 5.74) is 1.66. The predicted octanol–water partition coefficient (Wildman–Crippen LogP) is 3.26. The van der Waals surface area contributed by atoms with Gasteiger partial charge >= 0.3 is 5.97 Å². The van der Waals surface area contributed by atoms with E-state index in [-0.39, 0.29) is 12.0 Å². The maximum absolute atomic E-state index is 13.6. The Bertz CT molecular complexity index is 776. The third-order valence-electron chi connectivity index (χ3n) is 3.58. The number of methoxy groups -OCH3 is 1. The van der Waals surface area contributed by atoms with Gasteiger partial charge in [-0.3, -0.25) is 9.59 Å². The van der Waals surface area contributed by atoms with Crippen LogP contribution >= 0.6 is 0 Å². The maximum Gasteiger partial charge on any atom is 0.311 e. The molecule has 2 aromatic rings. The van der Waals surface area contributed by atoms with Gasteiger partial charge in [-0.1, -0.05) is 24.3 Å².